The molecule has 2 aromatic rings. The first-order valence-electron chi connectivity index (χ1n) is 10.0. The molecule has 0 heterocycles. The molecule has 2 rings (SSSR count). The second kappa shape index (κ2) is 11.7. The largest absolute Gasteiger partial charge is 0.489 e. The van der Waals surface area contributed by atoms with Crippen molar-refractivity contribution in [1.29, 1.82) is 0 Å². The lowest BCUT2D eigenvalue weighted by molar-refractivity contribution is -0.141. The summed E-state index contributed by atoms with van der Waals surface area (Å²) in [5, 5.41) is 12.7. The van der Waals surface area contributed by atoms with Crippen LogP contribution >= 0.6 is 0 Å². The van der Waals surface area contributed by atoms with Crippen molar-refractivity contribution < 1.29 is 24.2 Å². The van der Waals surface area contributed by atoms with Crippen molar-refractivity contribution in [2.45, 2.75) is 31.9 Å². The molecule has 31 heavy (non-hydrogen) atoms. The Hall–Kier alpha value is -3.38. The van der Waals surface area contributed by atoms with Gasteiger partial charge in [-0.3, -0.25) is 9.59 Å². The van der Waals surface area contributed by atoms with Gasteiger partial charge < -0.3 is 19.9 Å². The van der Waals surface area contributed by atoms with Gasteiger partial charge in [-0.05, 0) is 35.7 Å². The number of aliphatic hydroxyl groups excluding tert-OH is 1. The minimum atomic E-state index is -1.24. The Bertz CT molecular complexity index is 937. The van der Waals surface area contributed by atoms with Gasteiger partial charge in [0.2, 0.25) is 5.91 Å². The van der Waals surface area contributed by atoms with Crippen molar-refractivity contribution in [3.63, 3.8) is 0 Å². The molecule has 0 spiro atoms. The number of nitrogens with one attached hydrogen (secondary N) is 1. The number of carbonyl (C=O) groups excluding carboxylic acids is 2. The van der Waals surface area contributed by atoms with E-state index in [9.17, 15) is 14.7 Å². The van der Waals surface area contributed by atoms with Crippen molar-refractivity contribution in [2.24, 2.45) is 0 Å². The van der Waals surface area contributed by atoms with Crippen LogP contribution in [-0.2, 0) is 14.3 Å². The van der Waals surface area contributed by atoms with Crippen LogP contribution in [0.2, 0.25) is 0 Å². The standard InChI is InChI=1S/C25H29NO5/c1-5-9-21(27)25(29)26-20(16-23(28)30-4)18-11-8-12-19(15-18)24-17(3)10-7-13-22(24)31-14-6-2/h5-8,10-13,15,20-21,27H,1-2,9,14,16H2,3-4H3,(H,26,29)/t20-,21+/m0/s1. The number of methoxy groups -OCH3 is 1. The first-order chi connectivity index (χ1) is 14.9. The second-order valence-corrected chi connectivity index (χ2v) is 7.05. The van der Waals surface area contributed by atoms with Crippen molar-refractivity contribution in [1.82, 2.24) is 5.32 Å². The van der Waals surface area contributed by atoms with Crippen LogP contribution in [0.1, 0.15) is 30.0 Å². The van der Waals surface area contributed by atoms with E-state index in [4.69, 9.17) is 9.47 Å². The summed E-state index contributed by atoms with van der Waals surface area (Å²) in [6.07, 6.45) is 1.95. The molecule has 0 saturated carbocycles. The van der Waals surface area contributed by atoms with E-state index >= 15 is 0 Å². The summed E-state index contributed by atoms with van der Waals surface area (Å²) in [4.78, 5) is 24.3. The van der Waals surface area contributed by atoms with E-state index in [-0.39, 0.29) is 12.8 Å². The molecule has 2 aromatic carbocycles. The van der Waals surface area contributed by atoms with E-state index in [0.29, 0.717) is 17.9 Å². The van der Waals surface area contributed by atoms with Crippen LogP contribution in [0.4, 0.5) is 0 Å². The van der Waals surface area contributed by atoms with Crippen molar-refractivity contribution in [3.8, 4) is 16.9 Å². The van der Waals surface area contributed by atoms with Gasteiger partial charge in [0.25, 0.3) is 0 Å². The van der Waals surface area contributed by atoms with Crippen LogP contribution in [0.3, 0.4) is 0 Å². The van der Waals surface area contributed by atoms with Gasteiger partial charge >= 0.3 is 5.97 Å². The highest BCUT2D eigenvalue weighted by Crippen LogP contribution is 2.35. The SMILES string of the molecule is C=CCOc1cccc(C)c1-c1cccc([C@H](CC(=O)OC)NC(=O)[C@H](O)CC=C)c1. The molecule has 0 unspecified atom stereocenters. The molecule has 0 bridgehead atoms. The molecule has 0 aromatic heterocycles. The Morgan fingerprint density at radius 3 is 2.58 bits per heavy atom. The van der Waals surface area contributed by atoms with E-state index in [1.54, 1.807) is 6.08 Å². The van der Waals surface area contributed by atoms with Crippen LogP contribution < -0.4 is 10.1 Å². The molecule has 6 nitrogen and oxygen atoms in total. The maximum Gasteiger partial charge on any atom is 0.307 e. The van der Waals surface area contributed by atoms with Gasteiger partial charge in [-0.1, -0.05) is 49.1 Å². The number of esters is 1. The average Bonchev–Trinajstić information content (AvgIpc) is 2.77. The zero-order valence-electron chi connectivity index (χ0n) is 18.0. The summed E-state index contributed by atoms with van der Waals surface area (Å²) < 4.78 is 10.6. The maximum atomic E-state index is 12.4. The van der Waals surface area contributed by atoms with Crippen LogP contribution in [0.25, 0.3) is 11.1 Å². The normalized spacial score (nSPS) is 12.4. The summed E-state index contributed by atoms with van der Waals surface area (Å²) in [5.41, 5.74) is 3.53. The fourth-order valence-electron chi connectivity index (χ4n) is 3.23. The third-order valence-electron chi connectivity index (χ3n) is 4.78. The highest BCUT2D eigenvalue weighted by atomic mass is 16.5. The number of aliphatic hydroxyl groups is 1. The summed E-state index contributed by atoms with van der Waals surface area (Å²) in [7, 11) is 1.29. The van der Waals surface area contributed by atoms with Gasteiger partial charge in [0, 0.05) is 12.0 Å². The molecular weight excluding hydrogens is 394 g/mol. The molecule has 1 amide bonds. The van der Waals surface area contributed by atoms with Gasteiger partial charge in [-0.15, -0.1) is 6.58 Å². The zero-order valence-corrected chi connectivity index (χ0v) is 18.0. The topological polar surface area (TPSA) is 84.9 Å². The Labute approximate surface area is 183 Å². The molecule has 0 aliphatic heterocycles. The van der Waals surface area contributed by atoms with Gasteiger partial charge in [-0.2, -0.15) is 0 Å². The number of benzene rings is 2. The number of ether oxygens (including phenoxy) is 2. The van der Waals surface area contributed by atoms with E-state index in [1.165, 1.54) is 13.2 Å². The lowest BCUT2D eigenvalue weighted by Crippen LogP contribution is -2.37. The molecule has 164 valence electrons. The fraction of sp³-hybridized carbons (Fsp3) is 0.280. The molecule has 0 aliphatic carbocycles. The van der Waals surface area contributed by atoms with Crippen molar-refractivity contribution in [3.05, 3.63) is 78.9 Å². The smallest absolute Gasteiger partial charge is 0.307 e. The first-order valence-corrected chi connectivity index (χ1v) is 10.0. The number of rotatable bonds is 11. The maximum absolute atomic E-state index is 12.4. The van der Waals surface area contributed by atoms with Gasteiger partial charge in [-0.25, -0.2) is 0 Å². The molecule has 6 heteroatoms. The number of carbonyl (C=O) groups is 2. The van der Waals surface area contributed by atoms with Crippen LogP contribution in [0.15, 0.2) is 67.8 Å². The molecule has 0 radical (unpaired) electrons. The van der Waals surface area contributed by atoms with E-state index in [2.05, 4.69) is 18.5 Å². The number of hydrogen-bond acceptors (Lipinski definition) is 5. The summed E-state index contributed by atoms with van der Waals surface area (Å²) in [5.74, 6) is -0.336. The fourth-order valence-corrected chi connectivity index (χ4v) is 3.23. The third-order valence-corrected chi connectivity index (χ3v) is 4.78. The number of hydrogen-bond donors (Lipinski definition) is 2. The lowest BCUT2D eigenvalue weighted by atomic mass is 9.94. The van der Waals surface area contributed by atoms with Crippen LogP contribution in [0, 0.1) is 6.92 Å². The quantitative estimate of drug-likeness (QED) is 0.423. The van der Waals surface area contributed by atoms with E-state index in [0.717, 1.165) is 16.7 Å². The molecule has 0 fully saturated rings. The number of aryl methyl sites for hydroxylation is 1. The number of amides is 1. The minimum absolute atomic E-state index is 0.0693. The molecule has 0 saturated heterocycles. The summed E-state index contributed by atoms with van der Waals surface area (Å²) >= 11 is 0. The Kier molecular flexibility index (Phi) is 9.03. The molecular formula is C25H29NO5. The lowest BCUT2D eigenvalue weighted by Gasteiger charge is -2.21. The van der Waals surface area contributed by atoms with Crippen LogP contribution in [0.5, 0.6) is 5.75 Å². The molecule has 2 atom stereocenters. The first kappa shape index (κ1) is 23.9. The second-order valence-electron chi connectivity index (χ2n) is 7.05. The van der Waals surface area contributed by atoms with Gasteiger partial charge in [0.15, 0.2) is 0 Å². The highest BCUT2D eigenvalue weighted by molar-refractivity contribution is 5.82. The van der Waals surface area contributed by atoms with Crippen LogP contribution in [-0.4, -0.2) is 36.8 Å². The summed E-state index contributed by atoms with van der Waals surface area (Å²) in [6, 6.07) is 12.6. The predicted molar refractivity (Wildman–Crippen MR) is 121 cm³/mol. The highest BCUT2D eigenvalue weighted by Gasteiger charge is 2.23. The van der Waals surface area contributed by atoms with Gasteiger partial charge in [0.05, 0.1) is 19.6 Å². The minimum Gasteiger partial charge on any atom is -0.489 e. The molecule has 0 aliphatic rings. The Balaban J connectivity index is 2.43. The van der Waals surface area contributed by atoms with Crippen molar-refractivity contribution >= 4 is 11.9 Å². The third kappa shape index (κ3) is 6.55. The monoisotopic (exact) mass is 423 g/mol. The Morgan fingerprint density at radius 1 is 1.16 bits per heavy atom. The predicted octanol–water partition coefficient (Wildman–Crippen LogP) is 3.88. The van der Waals surface area contributed by atoms with E-state index in [1.807, 2.05) is 49.4 Å². The zero-order chi connectivity index (χ0) is 22.8. The average molecular weight is 424 g/mol. The van der Waals surface area contributed by atoms with Crippen molar-refractivity contribution in [2.75, 3.05) is 13.7 Å². The van der Waals surface area contributed by atoms with E-state index < -0.39 is 24.0 Å². The Morgan fingerprint density at radius 2 is 1.90 bits per heavy atom. The molecule has 2 N–H and O–H groups in total. The van der Waals surface area contributed by atoms with Gasteiger partial charge in [0.1, 0.15) is 18.5 Å². The summed E-state index contributed by atoms with van der Waals surface area (Å²) in [6.45, 7) is 9.59.